The van der Waals surface area contributed by atoms with Crippen LogP contribution < -0.4 is 10.1 Å². The van der Waals surface area contributed by atoms with Crippen molar-refractivity contribution in [1.82, 2.24) is 14.8 Å². The molecule has 34 heavy (non-hydrogen) atoms. The van der Waals surface area contributed by atoms with E-state index in [1.807, 2.05) is 54.0 Å². The maximum atomic E-state index is 12.6. The Hall–Kier alpha value is -2.71. The summed E-state index contributed by atoms with van der Waals surface area (Å²) in [6.45, 7) is 1.87. The Balaban J connectivity index is 1.55. The van der Waals surface area contributed by atoms with E-state index < -0.39 is 6.10 Å². The van der Waals surface area contributed by atoms with Gasteiger partial charge in [-0.15, -0.1) is 10.2 Å². The first-order chi connectivity index (χ1) is 16.4. The molecule has 10 heteroatoms. The molecule has 1 aromatic heterocycles. The standard InChI is InChI=1S/C24H19Cl3N4O2S/c1-15(33-21-10-6-5-9-18(21)26)23-29-30-24(31(23)17-7-3-2-4-8-17)34-14-22(32)28-20-12-11-16(25)13-19(20)27/h2-13,15H,14H2,1H3,(H,28,32). The monoisotopic (exact) mass is 532 g/mol. The summed E-state index contributed by atoms with van der Waals surface area (Å²) in [7, 11) is 0. The van der Waals surface area contributed by atoms with Gasteiger partial charge in [0.15, 0.2) is 17.1 Å². The predicted octanol–water partition coefficient (Wildman–Crippen LogP) is 7.10. The van der Waals surface area contributed by atoms with Gasteiger partial charge < -0.3 is 10.1 Å². The number of carbonyl (C=O) groups is 1. The van der Waals surface area contributed by atoms with Crippen LogP contribution in [0.25, 0.3) is 5.69 Å². The van der Waals surface area contributed by atoms with Crippen LogP contribution >= 0.6 is 46.6 Å². The Morgan fingerprint density at radius 1 is 1.00 bits per heavy atom. The number of nitrogens with one attached hydrogen (secondary N) is 1. The quantitative estimate of drug-likeness (QED) is 0.245. The van der Waals surface area contributed by atoms with Gasteiger partial charge in [0.05, 0.1) is 21.5 Å². The number of carbonyl (C=O) groups excluding carboxylic acids is 1. The molecule has 0 radical (unpaired) electrons. The number of hydrogen-bond donors (Lipinski definition) is 1. The number of nitrogens with zero attached hydrogens (tertiary/aromatic N) is 3. The van der Waals surface area contributed by atoms with Gasteiger partial charge in [-0.2, -0.15) is 0 Å². The Bertz CT molecular complexity index is 1300. The molecule has 0 saturated carbocycles. The number of amides is 1. The van der Waals surface area contributed by atoms with Crippen molar-refractivity contribution in [2.75, 3.05) is 11.1 Å². The van der Waals surface area contributed by atoms with Crippen LogP contribution in [0.3, 0.4) is 0 Å². The molecule has 0 bridgehead atoms. The van der Waals surface area contributed by atoms with E-state index in [0.717, 1.165) is 5.69 Å². The van der Waals surface area contributed by atoms with Crippen LogP contribution in [0, 0.1) is 0 Å². The van der Waals surface area contributed by atoms with Crippen LogP contribution in [-0.2, 0) is 4.79 Å². The van der Waals surface area contributed by atoms with Crippen molar-refractivity contribution >= 4 is 58.2 Å². The Labute approximate surface area is 216 Å². The predicted molar refractivity (Wildman–Crippen MR) is 138 cm³/mol. The first-order valence-corrected chi connectivity index (χ1v) is 12.3. The molecule has 0 aliphatic carbocycles. The van der Waals surface area contributed by atoms with Gasteiger partial charge in [0.2, 0.25) is 5.91 Å². The van der Waals surface area contributed by atoms with Crippen molar-refractivity contribution in [2.24, 2.45) is 0 Å². The number of aromatic nitrogens is 3. The molecule has 3 aromatic carbocycles. The number of anilines is 1. The molecule has 0 aliphatic rings. The summed E-state index contributed by atoms with van der Waals surface area (Å²) in [5.41, 5.74) is 1.34. The van der Waals surface area contributed by atoms with Gasteiger partial charge in [0.25, 0.3) is 0 Å². The highest BCUT2D eigenvalue weighted by Gasteiger charge is 2.22. The Kier molecular flexibility index (Phi) is 8.00. The highest BCUT2D eigenvalue weighted by molar-refractivity contribution is 7.99. The zero-order chi connectivity index (χ0) is 24.1. The molecule has 0 fully saturated rings. The molecule has 1 N–H and O–H groups in total. The first kappa shape index (κ1) is 24.4. The van der Waals surface area contributed by atoms with E-state index in [9.17, 15) is 4.79 Å². The maximum absolute atomic E-state index is 12.6. The number of benzene rings is 3. The van der Waals surface area contributed by atoms with Crippen molar-refractivity contribution in [3.8, 4) is 11.4 Å². The third kappa shape index (κ3) is 5.85. The fraction of sp³-hybridized carbons (Fsp3) is 0.125. The Morgan fingerprint density at radius 3 is 2.47 bits per heavy atom. The molecule has 174 valence electrons. The van der Waals surface area contributed by atoms with Crippen molar-refractivity contribution < 1.29 is 9.53 Å². The second kappa shape index (κ2) is 11.1. The van der Waals surface area contributed by atoms with E-state index in [4.69, 9.17) is 39.5 Å². The van der Waals surface area contributed by atoms with E-state index in [1.165, 1.54) is 11.8 Å². The summed E-state index contributed by atoms with van der Waals surface area (Å²) in [6.07, 6.45) is -0.455. The van der Waals surface area contributed by atoms with E-state index >= 15 is 0 Å². The number of rotatable bonds is 8. The summed E-state index contributed by atoms with van der Waals surface area (Å²) in [6, 6.07) is 21.8. The minimum Gasteiger partial charge on any atom is -0.481 e. The number of thioether (sulfide) groups is 1. The van der Waals surface area contributed by atoms with E-state index in [2.05, 4.69) is 15.5 Å². The third-order valence-electron chi connectivity index (χ3n) is 4.71. The second-order valence-corrected chi connectivity index (χ2v) is 9.36. The molecule has 1 amide bonds. The number of halogens is 3. The zero-order valence-corrected chi connectivity index (χ0v) is 21.0. The average molecular weight is 534 g/mol. The molecule has 4 rings (SSSR count). The SMILES string of the molecule is CC(Oc1ccccc1Cl)c1nnc(SCC(=O)Nc2ccc(Cl)cc2Cl)n1-c1ccccc1. The normalized spacial score (nSPS) is 11.8. The summed E-state index contributed by atoms with van der Waals surface area (Å²) < 4.78 is 7.93. The molecular formula is C24H19Cl3N4O2S. The van der Waals surface area contributed by atoms with Crippen molar-refractivity contribution in [3.05, 3.63) is 93.7 Å². The van der Waals surface area contributed by atoms with Crippen LogP contribution in [0.2, 0.25) is 15.1 Å². The van der Waals surface area contributed by atoms with E-state index in [0.29, 0.717) is 37.5 Å². The van der Waals surface area contributed by atoms with Gasteiger partial charge in [-0.05, 0) is 49.4 Å². The van der Waals surface area contributed by atoms with Gasteiger partial charge in [0, 0.05) is 10.7 Å². The zero-order valence-electron chi connectivity index (χ0n) is 17.9. The van der Waals surface area contributed by atoms with Crippen LogP contribution in [0.4, 0.5) is 5.69 Å². The molecule has 0 spiro atoms. The van der Waals surface area contributed by atoms with Crippen molar-refractivity contribution in [3.63, 3.8) is 0 Å². The van der Waals surface area contributed by atoms with Crippen molar-refractivity contribution in [2.45, 2.75) is 18.2 Å². The third-order valence-corrected chi connectivity index (χ3v) is 6.50. The highest BCUT2D eigenvalue weighted by atomic mass is 35.5. The van der Waals surface area contributed by atoms with Gasteiger partial charge in [-0.3, -0.25) is 9.36 Å². The lowest BCUT2D eigenvalue weighted by Gasteiger charge is -2.17. The summed E-state index contributed by atoms with van der Waals surface area (Å²) in [5.74, 6) is 0.991. The second-order valence-electron chi connectivity index (χ2n) is 7.16. The van der Waals surface area contributed by atoms with Crippen LogP contribution in [-0.4, -0.2) is 26.4 Å². The van der Waals surface area contributed by atoms with Crippen molar-refractivity contribution in [1.29, 1.82) is 0 Å². The summed E-state index contributed by atoms with van der Waals surface area (Å²) in [4.78, 5) is 12.6. The molecule has 0 aliphatic heterocycles. The Morgan fingerprint density at radius 2 is 1.74 bits per heavy atom. The number of para-hydroxylation sites is 2. The summed E-state index contributed by atoms with van der Waals surface area (Å²) >= 11 is 19.6. The average Bonchev–Trinajstić information content (AvgIpc) is 3.26. The maximum Gasteiger partial charge on any atom is 0.234 e. The largest absolute Gasteiger partial charge is 0.481 e. The van der Waals surface area contributed by atoms with Gasteiger partial charge in [-0.1, -0.05) is 76.9 Å². The topological polar surface area (TPSA) is 69.0 Å². The van der Waals surface area contributed by atoms with Gasteiger partial charge in [0.1, 0.15) is 5.75 Å². The van der Waals surface area contributed by atoms with Gasteiger partial charge >= 0.3 is 0 Å². The van der Waals surface area contributed by atoms with Crippen LogP contribution in [0.1, 0.15) is 18.9 Å². The molecule has 6 nitrogen and oxygen atoms in total. The van der Waals surface area contributed by atoms with Crippen LogP contribution in [0.15, 0.2) is 78.0 Å². The molecule has 1 atom stereocenters. The van der Waals surface area contributed by atoms with Gasteiger partial charge in [-0.25, -0.2) is 0 Å². The fourth-order valence-corrected chi connectivity index (χ4v) is 4.54. The molecule has 1 heterocycles. The molecular weight excluding hydrogens is 515 g/mol. The highest BCUT2D eigenvalue weighted by Crippen LogP contribution is 2.31. The molecule has 0 saturated heterocycles. The van der Waals surface area contributed by atoms with E-state index in [-0.39, 0.29) is 11.7 Å². The fourth-order valence-electron chi connectivity index (χ4n) is 3.15. The van der Waals surface area contributed by atoms with E-state index in [1.54, 1.807) is 30.3 Å². The first-order valence-electron chi connectivity index (χ1n) is 10.2. The lowest BCUT2D eigenvalue weighted by Crippen LogP contribution is -2.15. The van der Waals surface area contributed by atoms with Crippen LogP contribution in [0.5, 0.6) is 5.75 Å². The minimum atomic E-state index is -0.455. The number of hydrogen-bond acceptors (Lipinski definition) is 5. The molecule has 1 unspecified atom stereocenters. The molecule has 4 aromatic rings. The smallest absolute Gasteiger partial charge is 0.234 e. The lowest BCUT2D eigenvalue weighted by atomic mass is 10.3. The minimum absolute atomic E-state index is 0.101. The number of ether oxygens (including phenoxy) is 1. The lowest BCUT2D eigenvalue weighted by molar-refractivity contribution is -0.113. The summed E-state index contributed by atoms with van der Waals surface area (Å²) in [5, 5.41) is 13.4.